The van der Waals surface area contributed by atoms with Crippen molar-refractivity contribution in [2.75, 3.05) is 11.9 Å². The first-order valence-corrected chi connectivity index (χ1v) is 6.06. The van der Waals surface area contributed by atoms with Gasteiger partial charge in [0, 0.05) is 17.3 Å². The number of aliphatic imine (C=N–C) groups is 1. The lowest BCUT2D eigenvalue weighted by Gasteiger charge is -2.10. The Kier molecular flexibility index (Phi) is 3.09. The van der Waals surface area contributed by atoms with Crippen molar-refractivity contribution in [1.82, 2.24) is 0 Å². The molecule has 0 saturated carbocycles. The Morgan fingerprint density at radius 2 is 1.88 bits per heavy atom. The summed E-state index contributed by atoms with van der Waals surface area (Å²) in [5, 5.41) is 3.36. The van der Waals surface area contributed by atoms with E-state index in [-0.39, 0.29) is 5.54 Å². The van der Waals surface area contributed by atoms with Gasteiger partial charge in [-0.1, -0.05) is 0 Å². The quantitative estimate of drug-likeness (QED) is 0.869. The number of nitrogens with zero attached hydrogens (tertiary/aromatic N) is 1. The van der Waals surface area contributed by atoms with E-state index in [1.807, 2.05) is 12.1 Å². The Morgan fingerprint density at radius 3 is 2.35 bits per heavy atom. The third kappa shape index (κ3) is 2.99. The Labute approximate surface area is 103 Å². The molecule has 0 unspecified atom stereocenters. The van der Waals surface area contributed by atoms with Crippen molar-refractivity contribution in [3.8, 4) is 0 Å². The third-order valence-corrected chi connectivity index (χ3v) is 2.55. The van der Waals surface area contributed by atoms with Crippen molar-refractivity contribution >= 4 is 11.6 Å². The molecular formula is C14H20N2O. The van der Waals surface area contributed by atoms with Gasteiger partial charge in [0.2, 0.25) is 5.90 Å². The van der Waals surface area contributed by atoms with Crippen molar-refractivity contribution < 1.29 is 4.74 Å². The molecule has 0 saturated heterocycles. The summed E-state index contributed by atoms with van der Waals surface area (Å²) in [5.41, 5.74) is 2.08. The summed E-state index contributed by atoms with van der Waals surface area (Å²) in [5.74, 6) is 0.756. The van der Waals surface area contributed by atoms with Gasteiger partial charge in [-0.15, -0.1) is 0 Å². The van der Waals surface area contributed by atoms with Gasteiger partial charge in [0.15, 0.2) is 0 Å². The van der Waals surface area contributed by atoms with Crippen molar-refractivity contribution in [3.05, 3.63) is 29.8 Å². The summed E-state index contributed by atoms with van der Waals surface area (Å²) >= 11 is 0. The highest BCUT2D eigenvalue weighted by atomic mass is 16.5. The normalized spacial score (nSPS) is 17.8. The van der Waals surface area contributed by atoms with Crippen molar-refractivity contribution in [2.24, 2.45) is 4.99 Å². The van der Waals surface area contributed by atoms with Gasteiger partial charge in [0.25, 0.3) is 0 Å². The molecule has 3 heteroatoms. The van der Waals surface area contributed by atoms with Crippen molar-refractivity contribution in [3.63, 3.8) is 0 Å². The monoisotopic (exact) mass is 232 g/mol. The van der Waals surface area contributed by atoms with Gasteiger partial charge >= 0.3 is 0 Å². The van der Waals surface area contributed by atoms with Gasteiger partial charge < -0.3 is 10.1 Å². The minimum Gasteiger partial charge on any atom is -0.475 e. The molecule has 0 bridgehead atoms. The molecule has 1 aliphatic rings. The summed E-state index contributed by atoms with van der Waals surface area (Å²) in [6.45, 7) is 9.07. The van der Waals surface area contributed by atoms with Crippen LogP contribution >= 0.6 is 0 Å². The Balaban J connectivity index is 2.14. The molecule has 92 valence electrons. The van der Waals surface area contributed by atoms with Gasteiger partial charge in [-0.2, -0.15) is 0 Å². The fourth-order valence-corrected chi connectivity index (χ4v) is 1.77. The minimum absolute atomic E-state index is 0.0931. The number of anilines is 1. The van der Waals surface area contributed by atoms with E-state index < -0.39 is 0 Å². The Morgan fingerprint density at radius 1 is 1.24 bits per heavy atom. The first-order valence-electron chi connectivity index (χ1n) is 6.06. The lowest BCUT2D eigenvalue weighted by Crippen LogP contribution is -2.17. The number of rotatable bonds is 3. The van der Waals surface area contributed by atoms with Crippen molar-refractivity contribution in [2.45, 2.75) is 39.3 Å². The molecule has 1 N–H and O–H groups in total. The van der Waals surface area contributed by atoms with Crippen molar-refractivity contribution in [1.29, 1.82) is 0 Å². The molecule has 1 aliphatic heterocycles. The van der Waals surface area contributed by atoms with Gasteiger partial charge in [-0.3, -0.25) is 0 Å². The van der Waals surface area contributed by atoms with Gasteiger partial charge in [0.05, 0.1) is 5.54 Å². The summed E-state index contributed by atoms with van der Waals surface area (Å²) in [6, 6.07) is 8.66. The molecule has 0 radical (unpaired) electrons. The van der Waals surface area contributed by atoms with E-state index in [2.05, 4.69) is 50.1 Å². The number of hydrogen-bond donors (Lipinski definition) is 1. The number of ether oxygens (including phenoxy) is 1. The zero-order valence-corrected chi connectivity index (χ0v) is 10.9. The molecule has 1 aromatic rings. The smallest absolute Gasteiger partial charge is 0.216 e. The average Bonchev–Trinajstić information content (AvgIpc) is 2.59. The Hall–Kier alpha value is -1.51. The summed E-state index contributed by atoms with van der Waals surface area (Å²) in [4.78, 5) is 4.56. The number of benzene rings is 1. The Bertz CT molecular complexity index is 418. The highest BCUT2D eigenvalue weighted by molar-refractivity contribution is 5.95. The molecule has 1 aromatic carbocycles. The maximum atomic E-state index is 5.60. The number of hydrogen-bond acceptors (Lipinski definition) is 3. The maximum Gasteiger partial charge on any atom is 0.216 e. The maximum absolute atomic E-state index is 5.60. The average molecular weight is 232 g/mol. The second-order valence-corrected chi connectivity index (χ2v) is 5.39. The second-order valence-electron chi connectivity index (χ2n) is 5.39. The summed E-state index contributed by atoms with van der Waals surface area (Å²) in [7, 11) is 0. The first-order chi connectivity index (χ1) is 7.96. The van der Waals surface area contributed by atoms with Crippen LogP contribution in [-0.4, -0.2) is 24.1 Å². The van der Waals surface area contributed by atoms with Crippen LogP contribution < -0.4 is 5.32 Å². The molecule has 1 heterocycles. The standard InChI is InChI=1S/C14H20N2O/c1-10(2)15-12-7-5-11(6-8-12)13-16-14(3,4)9-17-13/h5-8,10,15H,9H2,1-4H3. The fourth-order valence-electron chi connectivity index (χ4n) is 1.77. The lowest BCUT2D eigenvalue weighted by molar-refractivity contribution is 0.279. The molecular weight excluding hydrogens is 212 g/mol. The zero-order valence-electron chi connectivity index (χ0n) is 10.9. The van der Waals surface area contributed by atoms with E-state index in [0.29, 0.717) is 12.6 Å². The van der Waals surface area contributed by atoms with E-state index in [0.717, 1.165) is 17.1 Å². The van der Waals surface area contributed by atoms with Gasteiger partial charge in [0.1, 0.15) is 6.61 Å². The van der Waals surface area contributed by atoms with E-state index in [4.69, 9.17) is 4.74 Å². The van der Waals surface area contributed by atoms with Crippen LogP contribution in [0.2, 0.25) is 0 Å². The topological polar surface area (TPSA) is 33.6 Å². The molecule has 0 spiro atoms. The van der Waals surface area contributed by atoms with E-state index in [9.17, 15) is 0 Å². The lowest BCUT2D eigenvalue weighted by atomic mass is 10.1. The highest BCUT2D eigenvalue weighted by Gasteiger charge is 2.26. The molecule has 0 amide bonds. The largest absolute Gasteiger partial charge is 0.475 e. The predicted octanol–water partition coefficient (Wildman–Crippen LogP) is 3.06. The SMILES string of the molecule is CC(C)Nc1ccc(C2=NC(C)(C)CO2)cc1. The zero-order chi connectivity index (χ0) is 12.5. The van der Waals surface area contributed by atoms with Crippen LogP contribution in [0.5, 0.6) is 0 Å². The van der Waals surface area contributed by atoms with Gasteiger partial charge in [-0.05, 0) is 52.0 Å². The van der Waals surface area contributed by atoms with Crippen LogP contribution in [0.1, 0.15) is 33.3 Å². The van der Waals surface area contributed by atoms with E-state index >= 15 is 0 Å². The third-order valence-electron chi connectivity index (χ3n) is 2.55. The summed E-state index contributed by atoms with van der Waals surface area (Å²) in [6.07, 6.45) is 0. The van der Waals surface area contributed by atoms with Crippen LogP contribution in [0.15, 0.2) is 29.3 Å². The molecule has 0 atom stereocenters. The first kappa shape index (κ1) is 12.0. The fraction of sp³-hybridized carbons (Fsp3) is 0.500. The number of nitrogens with one attached hydrogen (secondary N) is 1. The summed E-state index contributed by atoms with van der Waals surface area (Å²) < 4.78 is 5.60. The van der Waals surface area contributed by atoms with Gasteiger partial charge in [-0.25, -0.2) is 4.99 Å². The van der Waals surface area contributed by atoms with Crippen LogP contribution in [0.3, 0.4) is 0 Å². The molecule has 17 heavy (non-hydrogen) atoms. The van der Waals surface area contributed by atoms with E-state index in [1.54, 1.807) is 0 Å². The molecule has 2 rings (SSSR count). The molecule has 0 fully saturated rings. The van der Waals surface area contributed by atoms with Crippen LogP contribution in [0, 0.1) is 0 Å². The highest BCUT2D eigenvalue weighted by Crippen LogP contribution is 2.21. The minimum atomic E-state index is -0.0931. The van der Waals surface area contributed by atoms with Crippen LogP contribution in [0.25, 0.3) is 0 Å². The molecule has 0 aromatic heterocycles. The molecule has 3 nitrogen and oxygen atoms in total. The molecule has 0 aliphatic carbocycles. The second kappa shape index (κ2) is 4.40. The van der Waals surface area contributed by atoms with Crippen LogP contribution in [-0.2, 0) is 4.74 Å². The predicted molar refractivity (Wildman–Crippen MR) is 71.8 cm³/mol. The van der Waals surface area contributed by atoms with Crippen LogP contribution in [0.4, 0.5) is 5.69 Å². The van der Waals surface area contributed by atoms with E-state index in [1.165, 1.54) is 0 Å².